The van der Waals surface area contributed by atoms with Crippen molar-refractivity contribution >= 4 is 0 Å². The molecule has 1 aliphatic heterocycles. The van der Waals surface area contributed by atoms with Crippen molar-refractivity contribution in [3.8, 4) is 0 Å². The maximum atomic E-state index is 5.93. The van der Waals surface area contributed by atoms with E-state index in [2.05, 4.69) is 47.8 Å². The highest BCUT2D eigenvalue weighted by atomic mass is 16.5. The van der Waals surface area contributed by atoms with Gasteiger partial charge in [-0.2, -0.15) is 5.10 Å². The minimum Gasteiger partial charge on any atom is -0.371 e. The molecule has 0 saturated heterocycles. The summed E-state index contributed by atoms with van der Waals surface area (Å²) in [7, 11) is 1.96. The highest BCUT2D eigenvalue weighted by Gasteiger charge is 2.21. The lowest BCUT2D eigenvalue weighted by molar-refractivity contribution is 0.0283. The lowest BCUT2D eigenvalue weighted by Gasteiger charge is -2.26. The normalized spacial score (nSPS) is 19.6. The summed E-state index contributed by atoms with van der Waals surface area (Å²) in [6.45, 7) is 3.70. The summed E-state index contributed by atoms with van der Waals surface area (Å²) in [5.74, 6) is 0. The molecule has 2 atom stereocenters. The molecule has 1 N–H and O–H groups in total. The van der Waals surface area contributed by atoms with Crippen LogP contribution in [-0.2, 0) is 17.7 Å². The predicted octanol–water partition coefficient (Wildman–Crippen LogP) is 2.48. The molecule has 0 spiro atoms. The molecule has 0 saturated carbocycles. The Morgan fingerprint density at radius 2 is 2.30 bits per heavy atom. The average Bonchev–Trinajstić information content (AvgIpc) is 2.95. The van der Waals surface area contributed by atoms with Crippen LogP contribution in [0.1, 0.15) is 35.8 Å². The Morgan fingerprint density at radius 3 is 3.15 bits per heavy atom. The van der Waals surface area contributed by atoms with Crippen LogP contribution in [0.3, 0.4) is 0 Å². The molecule has 0 amide bonds. The Morgan fingerprint density at radius 1 is 1.45 bits per heavy atom. The fourth-order valence-corrected chi connectivity index (χ4v) is 2.67. The Labute approximate surface area is 119 Å². The molecule has 106 valence electrons. The first kappa shape index (κ1) is 13.3. The van der Waals surface area contributed by atoms with E-state index in [9.17, 15) is 0 Å². The predicted molar refractivity (Wildman–Crippen MR) is 78.5 cm³/mol. The summed E-state index contributed by atoms with van der Waals surface area (Å²) in [6.07, 6.45) is 5.14. The van der Waals surface area contributed by atoms with Gasteiger partial charge in [0.1, 0.15) is 6.10 Å². The van der Waals surface area contributed by atoms with Crippen molar-refractivity contribution in [2.75, 3.05) is 13.7 Å². The van der Waals surface area contributed by atoms with Gasteiger partial charge < -0.3 is 10.1 Å². The van der Waals surface area contributed by atoms with Crippen LogP contribution in [0, 0.1) is 0 Å². The second-order valence-electron chi connectivity index (χ2n) is 5.31. The SMILES string of the molecule is CNC(C)c1cnn(CC2OCCc3ccccc32)c1. The van der Waals surface area contributed by atoms with Gasteiger partial charge in [-0.15, -0.1) is 0 Å². The molecule has 1 aliphatic rings. The second kappa shape index (κ2) is 5.77. The molecule has 2 aromatic rings. The van der Waals surface area contributed by atoms with E-state index in [1.165, 1.54) is 16.7 Å². The molecule has 4 nitrogen and oxygen atoms in total. The zero-order valence-corrected chi connectivity index (χ0v) is 12.0. The van der Waals surface area contributed by atoms with E-state index in [4.69, 9.17) is 4.74 Å². The number of hydrogen-bond acceptors (Lipinski definition) is 3. The van der Waals surface area contributed by atoms with Crippen LogP contribution in [0.4, 0.5) is 0 Å². The largest absolute Gasteiger partial charge is 0.371 e. The van der Waals surface area contributed by atoms with Gasteiger partial charge in [-0.1, -0.05) is 24.3 Å². The van der Waals surface area contributed by atoms with Crippen LogP contribution in [0.25, 0.3) is 0 Å². The molecule has 1 aromatic carbocycles. The maximum absolute atomic E-state index is 5.93. The number of nitrogens with one attached hydrogen (secondary N) is 1. The molecule has 0 aliphatic carbocycles. The van der Waals surface area contributed by atoms with E-state index in [0.29, 0.717) is 6.04 Å². The van der Waals surface area contributed by atoms with Crippen LogP contribution < -0.4 is 5.32 Å². The molecule has 2 heterocycles. The van der Waals surface area contributed by atoms with Crippen LogP contribution in [0.2, 0.25) is 0 Å². The zero-order valence-electron chi connectivity index (χ0n) is 12.0. The number of aromatic nitrogens is 2. The van der Waals surface area contributed by atoms with Crippen molar-refractivity contribution in [3.63, 3.8) is 0 Å². The lowest BCUT2D eigenvalue weighted by Crippen LogP contribution is -2.20. The minimum atomic E-state index is 0.109. The van der Waals surface area contributed by atoms with Crippen LogP contribution in [0.5, 0.6) is 0 Å². The molecule has 0 bridgehead atoms. The van der Waals surface area contributed by atoms with Crippen LogP contribution in [0.15, 0.2) is 36.7 Å². The summed E-state index contributed by atoms with van der Waals surface area (Å²) in [4.78, 5) is 0. The van der Waals surface area contributed by atoms with Crippen molar-refractivity contribution in [2.24, 2.45) is 0 Å². The number of benzene rings is 1. The topological polar surface area (TPSA) is 39.1 Å². The van der Waals surface area contributed by atoms with Gasteiger partial charge in [0, 0.05) is 17.8 Å². The fraction of sp³-hybridized carbons (Fsp3) is 0.438. The van der Waals surface area contributed by atoms with Gasteiger partial charge in [-0.05, 0) is 31.5 Å². The number of ether oxygens (including phenoxy) is 1. The molecular weight excluding hydrogens is 250 g/mol. The first-order chi connectivity index (χ1) is 9.78. The average molecular weight is 271 g/mol. The number of fused-ring (bicyclic) bond motifs is 1. The van der Waals surface area contributed by atoms with Crippen molar-refractivity contribution in [2.45, 2.75) is 32.0 Å². The fourth-order valence-electron chi connectivity index (χ4n) is 2.67. The molecule has 1 aromatic heterocycles. The first-order valence-electron chi connectivity index (χ1n) is 7.17. The lowest BCUT2D eigenvalue weighted by atomic mass is 9.98. The Kier molecular flexibility index (Phi) is 3.85. The van der Waals surface area contributed by atoms with Crippen LogP contribution >= 0.6 is 0 Å². The van der Waals surface area contributed by atoms with Gasteiger partial charge in [-0.25, -0.2) is 0 Å². The van der Waals surface area contributed by atoms with Crippen molar-refractivity contribution in [3.05, 3.63) is 53.3 Å². The highest BCUT2D eigenvalue weighted by molar-refractivity contribution is 5.30. The summed E-state index contributed by atoms with van der Waals surface area (Å²) in [6, 6.07) is 8.87. The van der Waals surface area contributed by atoms with E-state index in [0.717, 1.165) is 19.6 Å². The molecule has 20 heavy (non-hydrogen) atoms. The third-order valence-electron chi connectivity index (χ3n) is 4.03. The highest BCUT2D eigenvalue weighted by Crippen LogP contribution is 2.28. The van der Waals surface area contributed by atoms with Gasteiger partial charge in [0.15, 0.2) is 0 Å². The Bertz CT molecular complexity index is 579. The molecule has 2 unspecified atom stereocenters. The summed E-state index contributed by atoms with van der Waals surface area (Å²) in [5, 5.41) is 7.68. The third kappa shape index (κ3) is 2.62. The van der Waals surface area contributed by atoms with E-state index in [1.807, 2.05) is 17.9 Å². The minimum absolute atomic E-state index is 0.109. The number of hydrogen-bond donors (Lipinski definition) is 1. The molecular formula is C16H21N3O. The monoisotopic (exact) mass is 271 g/mol. The quantitative estimate of drug-likeness (QED) is 0.928. The molecule has 4 heteroatoms. The molecule has 3 rings (SSSR count). The number of nitrogens with zero attached hydrogens (tertiary/aromatic N) is 2. The number of rotatable bonds is 4. The third-order valence-corrected chi connectivity index (χ3v) is 4.03. The van der Waals surface area contributed by atoms with E-state index >= 15 is 0 Å². The van der Waals surface area contributed by atoms with Crippen LogP contribution in [-0.4, -0.2) is 23.4 Å². The maximum Gasteiger partial charge on any atom is 0.102 e. The van der Waals surface area contributed by atoms with Crippen molar-refractivity contribution in [1.82, 2.24) is 15.1 Å². The van der Waals surface area contributed by atoms with E-state index in [1.54, 1.807) is 0 Å². The summed E-state index contributed by atoms with van der Waals surface area (Å²) < 4.78 is 7.91. The Hall–Kier alpha value is -1.65. The first-order valence-corrected chi connectivity index (χ1v) is 7.17. The van der Waals surface area contributed by atoms with E-state index in [-0.39, 0.29) is 6.10 Å². The van der Waals surface area contributed by atoms with Crippen molar-refractivity contribution in [1.29, 1.82) is 0 Å². The van der Waals surface area contributed by atoms with Crippen molar-refractivity contribution < 1.29 is 4.74 Å². The molecule has 0 radical (unpaired) electrons. The summed E-state index contributed by atoms with van der Waals surface area (Å²) >= 11 is 0. The summed E-state index contributed by atoms with van der Waals surface area (Å²) in [5.41, 5.74) is 3.91. The zero-order chi connectivity index (χ0) is 13.9. The van der Waals surface area contributed by atoms with Gasteiger partial charge in [-0.3, -0.25) is 4.68 Å². The standard InChI is InChI=1S/C16H21N3O/c1-12(17-2)14-9-18-19(10-14)11-16-15-6-4-3-5-13(15)7-8-20-16/h3-6,9-10,12,16-17H,7-8,11H2,1-2H3. The van der Waals surface area contributed by atoms with Gasteiger partial charge in [0.05, 0.1) is 19.3 Å². The smallest absolute Gasteiger partial charge is 0.102 e. The van der Waals surface area contributed by atoms with Gasteiger partial charge >= 0.3 is 0 Å². The molecule has 0 fully saturated rings. The van der Waals surface area contributed by atoms with E-state index < -0.39 is 0 Å². The van der Waals surface area contributed by atoms with Gasteiger partial charge in [0.25, 0.3) is 0 Å². The second-order valence-corrected chi connectivity index (χ2v) is 5.31. The van der Waals surface area contributed by atoms with Gasteiger partial charge in [0.2, 0.25) is 0 Å². The Balaban J connectivity index is 1.77.